The molecule has 0 saturated heterocycles. The zero-order chi connectivity index (χ0) is 83.3. The van der Waals surface area contributed by atoms with E-state index in [9.17, 15) is 123 Å². The Morgan fingerprint density at radius 2 is 0.284 bits per heavy atom. The first-order valence-electron chi connectivity index (χ1n) is 37.5. The smallest absolute Gasteiger partial charge is 0.200 e. The van der Waals surface area contributed by atoms with Crippen LogP contribution in [0.4, 0.5) is 0 Å². The lowest BCUT2D eigenvalue weighted by Crippen LogP contribution is -2.19. The average Bonchev–Trinajstić information content (AvgIpc) is 0.805. The molecule has 4 atom stereocenters. The van der Waals surface area contributed by atoms with Crippen molar-refractivity contribution in [1.82, 2.24) is 0 Å². The van der Waals surface area contributed by atoms with Gasteiger partial charge < -0.3 is 123 Å². The van der Waals surface area contributed by atoms with E-state index in [4.69, 9.17) is 0 Å². The van der Waals surface area contributed by atoms with Gasteiger partial charge in [-0.2, -0.15) is 0 Å². The van der Waals surface area contributed by atoms with Gasteiger partial charge in [-0.05, 0) is 312 Å². The number of aryl methyl sites for hydroxylation is 10. The molecule has 0 fully saturated rings. The zero-order valence-corrected chi connectivity index (χ0v) is 62.8. The highest BCUT2D eigenvalue weighted by Crippen LogP contribution is 2.47. The molecule has 604 valence electrons. The molecule has 0 unspecified atom stereocenters. The van der Waals surface area contributed by atoms with E-state index in [-0.39, 0.29) is 46.7 Å². The van der Waals surface area contributed by atoms with E-state index in [2.05, 4.69) is 0 Å². The number of hydrogen-bond acceptors (Lipinski definition) is 24. The number of aromatic hydroxyl groups is 24. The first-order chi connectivity index (χ1) is 55.3. The maximum Gasteiger partial charge on any atom is 0.200 e. The van der Waals surface area contributed by atoms with Crippen LogP contribution in [0.2, 0.25) is 0 Å². The van der Waals surface area contributed by atoms with Gasteiger partial charge >= 0.3 is 0 Å². The Bertz CT molecular complexity index is 4930. The molecule has 24 nitrogen and oxygen atoms in total. The summed E-state index contributed by atoms with van der Waals surface area (Å²) in [5.74, 6) is -12.7. The Morgan fingerprint density at radius 1 is 0.147 bits per heavy atom. The van der Waals surface area contributed by atoms with Crippen molar-refractivity contribution in [2.24, 2.45) is 11.8 Å². The van der Waals surface area contributed by atoms with Crippen LogP contribution in [0, 0.1) is 11.8 Å². The van der Waals surface area contributed by atoms with Gasteiger partial charge in [-0.25, -0.2) is 0 Å². The SMILES string of the molecule is Oc1cc(CCc2ccc(CC[C@@H](Cc3cc(O)c(O)c(O)c3)[C@H](Cc3cc(O)c(O)c(O)c3)c3ccc(CCc4cc(O)c(O)c(O)c4)cc3)cc2)cc(O)c1O.Oc1cc(CCc2ccc(CC[C@H](Cc3cc(O)c(O)c(O)c3)[C@@H](Cc3cc(O)c(O)c(O)c3)c3ccc(CCc4cc(O)c(O)c(O)c4)cc3)cc2)cc(O)c1O. The predicted octanol–water partition coefficient (Wildman–Crippen LogP) is 15.1. The average molecular weight is 1580 g/mol. The second kappa shape index (κ2) is 36.5. The van der Waals surface area contributed by atoms with E-state index in [0.29, 0.717) is 147 Å². The van der Waals surface area contributed by atoms with E-state index < -0.39 is 115 Å². The first-order valence-corrected chi connectivity index (χ1v) is 37.5. The van der Waals surface area contributed by atoms with Gasteiger partial charge in [-0.15, -0.1) is 0 Å². The standard InChI is InChI=1S/2C46H46O12/c2*47-35-17-28(18-36(48)43(35)55)7-5-25-1-3-26(4-2-25)11-14-33(15-30-21-39(51)45(57)40(52)22-30)34(16-31-23-41(53)46(58)42(54)24-31)32-12-9-27(10-13-32)6-8-29-19-37(49)44(56)38(50)20-29/h2*1-4,9-10,12-13,17-24,33-34,47-58H,5-8,11,14-16H2/t2*33-,34+/m10/s1. The molecule has 0 aliphatic carbocycles. The van der Waals surface area contributed by atoms with Crippen LogP contribution >= 0.6 is 0 Å². The van der Waals surface area contributed by atoms with Crippen LogP contribution in [0.5, 0.6) is 138 Å². The maximum atomic E-state index is 10.4. The van der Waals surface area contributed by atoms with Crippen molar-refractivity contribution in [3.8, 4) is 138 Å². The third-order valence-corrected chi connectivity index (χ3v) is 21.4. The Morgan fingerprint density at radius 3 is 0.466 bits per heavy atom. The van der Waals surface area contributed by atoms with E-state index in [1.54, 1.807) is 0 Å². The van der Waals surface area contributed by atoms with Crippen molar-refractivity contribution in [2.75, 3.05) is 0 Å². The van der Waals surface area contributed by atoms with Gasteiger partial charge in [0.25, 0.3) is 0 Å². The topological polar surface area (TPSA) is 486 Å². The van der Waals surface area contributed by atoms with E-state index >= 15 is 0 Å². The molecular weight excluding hydrogens is 1490 g/mol. The van der Waals surface area contributed by atoms with Gasteiger partial charge in [0.15, 0.2) is 138 Å². The summed E-state index contributed by atoms with van der Waals surface area (Å²) in [5.41, 5.74) is 12.7. The van der Waals surface area contributed by atoms with Gasteiger partial charge in [0.1, 0.15) is 0 Å². The summed E-state index contributed by atoms with van der Waals surface area (Å²) in [6.07, 6.45) is 8.08. The van der Waals surface area contributed by atoms with Crippen molar-refractivity contribution in [1.29, 1.82) is 0 Å². The minimum absolute atomic E-state index is 0.190. The van der Waals surface area contributed by atoms with E-state index in [0.717, 1.165) is 44.5 Å². The summed E-state index contributed by atoms with van der Waals surface area (Å²) in [6.45, 7) is 0. The van der Waals surface area contributed by atoms with Gasteiger partial charge in [-0.1, -0.05) is 97.1 Å². The van der Waals surface area contributed by atoms with Gasteiger partial charge in [0.2, 0.25) is 0 Å². The molecule has 0 aromatic heterocycles. The molecule has 0 bridgehead atoms. The first kappa shape index (κ1) is 82.8. The highest BCUT2D eigenvalue weighted by atomic mass is 16.4. The fourth-order valence-corrected chi connectivity index (χ4v) is 14.9. The van der Waals surface area contributed by atoms with Gasteiger partial charge in [0.05, 0.1) is 0 Å². The van der Waals surface area contributed by atoms with Crippen LogP contribution in [-0.4, -0.2) is 123 Å². The number of hydrogen-bond donors (Lipinski definition) is 24. The summed E-state index contributed by atoms with van der Waals surface area (Å²) in [5, 5.41) is 242. The molecule has 0 aliphatic rings. The lowest BCUT2D eigenvalue weighted by Gasteiger charge is -2.29. The third-order valence-electron chi connectivity index (χ3n) is 21.4. The highest BCUT2D eigenvalue weighted by molar-refractivity contribution is 5.58. The monoisotopic (exact) mass is 1580 g/mol. The molecule has 0 aliphatic heterocycles. The molecule has 0 saturated carbocycles. The highest BCUT2D eigenvalue weighted by Gasteiger charge is 2.30. The van der Waals surface area contributed by atoms with E-state index in [1.807, 2.05) is 97.1 Å². The Hall–Kier alpha value is -14.2. The molecule has 0 heterocycles. The summed E-state index contributed by atoms with van der Waals surface area (Å²) in [6, 6.07) is 54.3. The number of benzene rings is 12. The summed E-state index contributed by atoms with van der Waals surface area (Å²) >= 11 is 0. The quantitative estimate of drug-likeness (QED) is 0.0186. The Kier molecular flexibility index (Phi) is 26.1. The fourth-order valence-electron chi connectivity index (χ4n) is 14.9. The minimum atomic E-state index is -0.630. The van der Waals surface area contributed by atoms with Crippen LogP contribution in [-0.2, 0) is 89.9 Å². The summed E-state index contributed by atoms with van der Waals surface area (Å²) in [7, 11) is 0. The molecule has 0 radical (unpaired) electrons. The fraction of sp³-hybridized carbons (Fsp3) is 0.217. The lowest BCUT2D eigenvalue weighted by molar-refractivity contribution is 0.359. The lowest BCUT2D eigenvalue weighted by atomic mass is 9.75. The second-order valence-corrected chi connectivity index (χ2v) is 29.6. The minimum Gasteiger partial charge on any atom is -0.504 e. The van der Waals surface area contributed by atoms with Crippen molar-refractivity contribution in [3.05, 3.63) is 283 Å². The zero-order valence-electron chi connectivity index (χ0n) is 62.8. The van der Waals surface area contributed by atoms with Gasteiger partial charge in [0, 0.05) is 0 Å². The van der Waals surface area contributed by atoms with Crippen molar-refractivity contribution in [2.45, 2.75) is 115 Å². The molecule has 0 amide bonds. The second-order valence-electron chi connectivity index (χ2n) is 29.6. The number of phenols is 24. The molecule has 12 aromatic rings. The molecule has 24 heteroatoms. The summed E-state index contributed by atoms with van der Waals surface area (Å²) in [4.78, 5) is 0. The van der Waals surface area contributed by atoms with Crippen LogP contribution in [0.1, 0.15) is 114 Å². The number of rotatable bonds is 30. The Labute approximate surface area is 666 Å². The Balaban J connectivity index is 0.000000228. The molecular formula is C92H92O24. The van der Waals surface area contributed by atoms with Crippen molar-refractivity contribution < 1.29 is 123 Å². The molecule has 12 rings (SSSR count). The maximum absolute atomic E-state index is 10.4. The van der Waals surface area contributed by atoms with Crippen LogP contribution in [0.15, 0.2) is 194 Å². The van der Waals surface area contributed by atoms with Crippen LogP contribution < -0.4 is 0 Å². The normalized spacial score (nSPS) is 12.3. The predicted molar refractivity (Wildman–Crippen MR) is 431 cm³/mol. The van der Waals surface area contributed by atoms with Crippen molar-refractivity contribution in [3.63, 3.8) is 0 Å². The molecule has 12 aromatic carbocycles. The van der Waals surface area contributed by atoms with Crippen LogP contribution in [0.25, 0.3) is 0 Å². The third kappa shape index (κ3) is 20.9. The van der Waals surface area contributed by atoms with Crippen LogP contribution in [0.3, 0.4) is 0 Å². The van der Waals surface area contributed by atoms with Gasteiger partial charge in [-0.3, -0.25) is 0 Å². The van der Waals surface area contributed by atoms with Crippen molar-refractivity contribution >= 4 is 0 Å². The molecule has 116 heavy (non-hydrogen) atoms. The molecule has 24 N–H and O–H groups in total. The number of phenolic OH excluding ortho intramolecular Hbond substituents is 24. The van der Waals surface area contributed by atoms with E-state index in [1.165, 1.54) is 97.1 Å². The summed E-state index contributed by atoms with van der Waals surface area (Å²) < 4.78 is 0. The molecule has 0 spiro atoms. The largest absolute Gasteiger partial charge is 0.504 e.